The SMILES string of the molecule is O=C([O-])CCP(=O)(O)CC[C@H](NC(=O)Cc1ccccc1)C(=O)[O-]. The van der Waals surface area contributed by atoms with Gasteiger partial charge in [-0.3, -0.25) is 9.36 Å². The zero-order chi connectivity index (χ0) is 18.2. The molecule has 1 rings (SSSR count). The van der Waals surface area contributed by atoms with Crippen LogP contribution in [-0.2, 0) is 25.4 Å². The summed E-state index contributed by atoms with van der Waals surface area (Å²) in [5.41, 5.74) is 0.689. The molecule has 0 aliphatic rings. The predicted octanol–water partition coefficient (Wildman–Crippen LogP) is -1.74. The molecule has 0 aliphatic carbocycles. The number of benzene rings is 1. The molecule has 1 amide bonds. The lowest BCUT2D eigenvalue weighted by atomic mass is 10.1. The van der Waals surface area contributed by atoms with Gasteiger partial charge in [0.2, 0.25) is 13.3 Å². The highest BCUT2D eigenvalue weighted by molar-refractivity contribution is 7.58. The first-order valence-electron chi connectivity index (χ1n) is 7.24. The van der Waals surface area contributed by atoms with Crippen LogP contribution in [0.25, 0.3) is 0 Å². The molecule has 0 spiro atoms. The average molecular weight is 355 g/mol. The number of nitrogens with one attached hydrogen (secondary N) is 1. The molecule has 24 heavy (non-hydrogen) atoms. The Morgan fingerprint density at radius 1 is 1.12 bits per heavy atom. The van der Waals surface area contributed by atoms with E-state index in [0.29, 0.717) is 5.56 Å². The monoisotopic (exact) mass is 355 g/mol. The molecule has 0 fully saturated rings. The fraction of sp³-hybridized carbons (Fsp3) is 0.400. The fourth-order valence-corrected chi connectivity index (χ4v) is 3.40. The van der Waals surface area contributed by atoms with Crippen LogP contribution in [-0.4, -0.2) is 41.1 Å². The zero-order valence-corrected chi connectivity index (χ0v) is 13.7. The quantitative estimate of drug-likeness (QED) is 0.474. The molecule has 0 heterocycles. The van der Waals surface area contributed by atoms with Crippen molar-refractivity contribution in [1.82, 2.24) is 5.32 Å². The Morgan fingerprint density at radius 2 is 1.75 bits per heavy atom. The van der Waals surface area contributed by atoms with Gasteiger partial charge in [0.1, 0.15) is 0 Å². The standard InChI is InChI=1S/C15H20NO7P/c17-13(10-11-4-2-1-3-5-11)16-12(15(20)21)6-8-24(22,23)9-7-14(18)19/h1-5,12H,6-10H2,(H,16,17)(H,18,19)(H,20,21)(H,22,23)/p-2/t12-/m0/s1. The van der Waals surface area contributed by atoms with E-state index in [4.69, 9.17) is 0 Å². The predicted molar refractivity (Wildman–Crippen MR) is 80.9 cm³/mol. The number of aliphatic carboxylic acids is 2. The Labute approximate surface area is 139 Å². The molecule has 0 radical (unpaired) electrons. The molecule has 0 aliphatic heterocycles. The van der Waals surface area contributed by atoms with Crippen molar-refractivity contribution in [2.75, 3.05) is 12.3 Å². The molecule has 1 unspecified atom stereocenters. The largest absolute Gasteiger partial charge is 0.550 e. The van der Waals surface area contributed by atoms with Gasteiger partial charge >= 0.3 is 0 Å². The van der Waals surface area contributed by atoms with Gasteiger partial charge in [-0.05, 0) is 18.4 Å². The van der Waals surface area contributed by atoms with Gasteiger partial charge in [-0.2, -0.15) is 0 Å². The van der Waals surface area contributed by atoms with E-state index in [1.807, 2.05) is 0 Å². The molecule has 9 heteroatoms. The van der Waals surface area contributed by atoms with Crippen LogP contribution in [0.15, 0.2) is 30.3 Å². The summed E-state index contributed by atoms with van der Waals surface area (Å²) in [6.07, 6.45) is -1.91. The molecule has 0 saturated heterocycles. The Morgan fingerprint density at radius 3 is 2.29 bits per heavy atom. The van der Waals surface area contributed by atoms with Crippen molar-refractivity contribution in [3.8, 4) is 0 Å². The number of hydrogen-bond donors (Lipinski definition) is 2. The lowest BCUT2D eigenvalue weighted by Gasteiger charge is -2.21. The molecule has 1 aromatic rings. The van der Waals surface area contributed by atoms with Crippen molar-refractivity contribution in [3.63, 3.8) is 0 Å². The molecule has 2 atom stereocenters. The topological polar surface area (TPSA) is 147 Å². The smallest absolute Gasteiger partial charge is 0.224 e. The number of carbonyl (C=O) groups is 3. The highest BCUT2D eigenvalue weighted by Crippen LogP contribution is 2.41. The molecule has 1 aromatic carbocycles. The van der Waals surface area contributed by atoms with Crippen LogP contribution in [0.3, 0.4) is 0 Å². The Kier molecular flexibility index (Phi) is 7.61. The molecule has 2 N–H and O–H groups in total. The minimum Gasteiger partial charge on any atom is -0.550 e. The maximum atomic E-state index is 11.8. The minimum atomic E-state index is -3.81. The number of rotatable bonds is 10. The molecule has 0 aromatic heterocycles. The van der Waals surface area contributed by atoms with E-state index in [9.17, 15) is 34.1 Å². The van der Waals surface area contributed by atoms with Gasteiger partial charge < -0.3 is 30.0 Å². The average Bonchev–Trinajstić information content (AvgIpc) is 2.50. The van der Waals surface area contributed by atoms with E-state index in [2.05, 4.69) is 5.32 Å². The van der Waals surface area contributed by atoms with Crippen molar-refractivity contribution in [2.45, 2.75) is 25.3 Å². The van der Waals surface area contributed by atoms with E-state index < -0.39 is 50.0 Å². The summed E-state index contributed by atoms with van der Waals surface area (Å²) in [7, 11) is -3.81. The van der Waals surface area contributed by atoms with Gasteiger partial charge in [0.15, 0.2) is 0 Å². The van der Waals surface area contributed by atoms with E-state index in [1.54, 1.807) is 30.3 Å². The second kappa shape index (κ2) is 9.20. The Balaban J connectivity index is 2.55. The second-order valence-corrected chi connectivity index (χ2v) is 7.89. The second-order valence-electron chi connectivity index (χ2n) is 5.31. The van der Waals surface area contributed by atoms with Crippen LogP contribution in [0.1, 0.15) is 18.4 Å². The fourth-order valence-electron chi connectivity index (χ4n) is 1.98. The first kappa shape index (κ1) is 19.9. The first-order chi connectivity index (χ1) is 11.2. The Bertz CT molecular complexity index is 632. The molecule has 0 saturated carbocycles. The maximum absolute atomic E-state index is 11.8. The maximum Gasteiger partial charge on any atom is 0.224 e. The van der Waals surface area contributed by atoms with Crippen molar-refractivity contribution < 1.29 is 34.1 Å². The lowest BCUT2D eigenvalue weighted by Crippen LogP contribution is -2.48. The number of carboxylic acid groups (broad SMARTS) is 2. The van der Waals surface area contributed by atoms with Gasteiger partial charge in [-0.15, -0.1) is 0 Å². The summed E-state index contributed by atoms with van der Waals surface area (Å²) in [6.45, 7) is 0. The summed E-state index contributed by atoms with van der Waals surface area (Å²) in [5.74, 6) is -3.59. The normalized spacial score (nSPS) is 14.4. The summed E-state index contributed by atoms with van der Waals surface area (Å²) >= 11 is 0. The van der Waals surface area contributed by atoms with Gasteiger partial charge in [0.25, 0.3) is 0 Å². The van der Waals surface area contributed by atoms with Crippen LogP contribution >= 0.6 is 7.37 Å². The van der Waals surface area contributed by atoms with Crippen LogP contribution in [0, 0.1) is 0 Å². The van der Waals surface area contributed by atoms with Gasteiger partial charge in [-0.1, -0.05) is 30.3 Å². The minimum absolute atomic E-state index is 0.0356. The van der Waals surface area contributed by atoms with Crippen molar-refractivity contribution >= 4 is 25.2 Å². The molecular formula is C15H18NO7P-2. The lowest BCUT2D eigenvalue weighted by molar-refractivity contribution is -0.308. The third-order valence-corrected chi connectivity index (χ3v) is 5.14. The highest BCUT2D eigenvalue weighted by Gasteiger charge is 2.22. The van der Waals surface area contributed by atoms with Crippen molar-refractivity contribution in [1.29, 1.82) is 0 Å². The molecule has 8 nitrogen and oxygen atoms in total. The van der Waals surface area contributed by atoms with Crippen molar-refractivity contribution in [3.05, 3.63) is 35.9 Å². The summed E-state index contributed by atoms with van der Waals surface area (Å²) in [5, 5.41) is 23.6. The number of amides is 1. The third-order valence-electron chi connectivity index (χ3n) is 3.26. The Hall–Kier alpha value is -2.18. The third kappa shape index (κ3) is 7.89. The van der Waals surface area contributed by atoms with E-state index in [-0.39, 0.29) is 12.8 Å². The van der Waals surface area contributed by atoms with Crippen LogP contribution in [0.4, 0.5) is 0 Å². The molecular weight excluding hydrogens is 337 g/mol. The zero-order valence-electron chi connectivity index (χ0n) is 12.8. The van der Waals surface area contributed by atoms with Gasteiger partial charge in [0, 0.05) is 18.3 Å². The number of carbonyl (C=O) groups excluding carboxylic acids is 3. The van der Waals surface area contributed by atoms with E-state index >= 15 is 0 Å². The number of hydrogen-bond acceptors (Lipinski definition) is 6. The van der Waals surface area contributed by atoms with Crippen molar-refractivity contribution in [2.24, 2.45) is 0 Å². The summed E-state index contributed by atoms with van der Waals surface area (Å²) < 4.78 is 11.8. The summed E-state index contributed by atoms with van der Waals surface area (Å²) in [4.78, 5) is 42.8. The summed E-state index contributed by atoms with van der Waals surface area (Å²) in [6, 6.07) is 7.22. The van der Waals surface area contributed by atoms with E-state index in [1.165, 1.54) is 0 Å². The number of carboxylic acids is 2. The molecule has 132 valence electrons. The van der Waals surface area contributed by atoms with Crippen LogP contribution in [0.2, 0.25) is 0 Å². The first-order valence-corrected chi connectivity index (χ1v) is 9.27. The molecule has 0 bridgehead atoms. The van der Waals surface area contributed by atoms with Gasteiger partial charge in [0.05, 0.1) is 18.4 Å². The van der Waals surface area contributed by atoms with Crippen LogP contribution in [0.5, 0.6) is 0 Å². The van der Waals surface area contributed by atoms with Crippen LogP contribution < -0.4 is 15.5 Å². The highest BCUT2D eigenvalue weighted by atomic mass is 31.2. The van der Waals surface area contributed by atoms with Gasteiger partial charge in [-0.25, -0.2) is 0 Å². The van der Waals surface area contributed by atoms with E-state index in [0.717, 1.165) is 0 Å².